The second-order valence-corrected chi connectivity index (χ2v) is 9.39. The van der Waals surface area contributed by atoms with Crippen LogP contribution in [0.15, 0.2) is 81.1 Å². The van der Waals surface area contributed by atoms with Crippen molar-refractivity contribution in [2.45, 2.75) is 13.5 Å². The number of nitrogens with zero attached hydrogens (tertiary/aromatic N) is 1. The molecule has 3 aromatic carbocycles. The molecule has 1 N–H and O–H groups in total. The summed E-state index contributed by atoms with van der Waals surface area (Å²) in [6.07, 6.45) is 1.81. The van der Waals surface area contributed by atoms with Gasteiger partial charge in [-0.15, -0.1) is 0 Å². The maximum Gasteiger partial charge on any atom is 0.264 e. The van der Waals surface area contributed by atoms with Gasteiger partial charge in [-0.3, -0.25) is 4.79 Å². The van der Waals surface area contributed by atoms with Crippen molar-refractivity contribution >= 4 is 62.1 Å². The van der Waals surface area contributed by atoms with E-state index in [9.17, 15) is 4.79 Å². The summed E-state index contributed by atoms with van der Waals surface area (Å²) in [5.74, 6) is 1.25. The van der Waals surface area contributed by atoms with Crippen LogP contribution in [0.2, 0.25) is 5.02 Å². The molecule has 0 radical (unpaired) electrons. The van der Waals surface area contributed by atoms with E-state index < -0.39 is 0 Å². The number of halogens is 2. The number of amidine groups is 1. The second-order valence-electron chi connectivity index (χ2n) is 7.01. The van der Waals surface area contributed by atoms with E-state index >= 15 is 0 Å². The van der Waals surface area contributed by atoms with Crippen LogP contribution in [0, 0.1) is 0 Å². The molecular formula is C25H20BrClN2O3S. The average Bonchev–Trinajstić information content (AvgIpc) is 3.14. The maximum absolute atomic E-state index is 12.6. The van der Waals surface area contributed by atoms with E-state index in [1.807, 2.05) is 79.7 Å². The summed E-state index contributed by atoms with van der Waals surface area (Å²) >= 11 is 10.7. The van der Waals surface area contributed by atoms with Crippen molar-refractivity contribution in [2.75, 3.05) is 6.61 Å². The highest BCUT2D eigenvalue weighted by atomic mass is 79.9. The third-order valence-corrected chi connectivity index (χ3v) is 6.25. The van der Waals surface area contributed by atoms with Crippen molar-refractivity contribution in [3.63, 3.8) is 0 Å². The van der Waals surface area contributed by atoms with Gasteiger partial charge >= 0.3 is 0 Å². The van der Waals surface area contributed by atoms with Gasteiger partial charge in [-0.05, 0) is 84.9 Å². The van der Waals surface area contributed by atoms with Gasteiger partial charge in [0.15, 0.2) is 5.17 Å². The number of benzene rings is 3. The van der Waals surface area contributed by atoms with Gasteiger partial charge in [0.2, 0.25) is 0 Å². The molecule has 33 heavy (non-hydrogen) atoms. The molecule has 1 aliphatic rings. The molecule has 1 aliphatic heterocycles. The number of carbonyl (C=O) groups is 1. The smallest absolute Gasteiger partial charge is 0.264 e. The third kappa shape index (κ3) is 6.41. The van der Waals surface area contributed by atoms with Gasteiger partial charge in [0.05, 0.1) is 17.2 Å². The van der Waals surface area contributed by atoms with E-state index in [2.05, 4.69) is 26.2 Å². The Morgan fingerprint density at radius 3 is 2.55 bits per heavy atom. The molecule has 8 heteroatoms. The number of nitrogens with one attached hydrogen (secondary N) is 1. The lowest BCUT2D eigenvalue weighted by molar-refractivity contribution is -0.115. The number of hydrogen-bond donors (Lipinski definition) is 1. The molecule has 0 bridgehead atoms. The Balaban J connectivity index is 1.51. The van der Waals surface area contributed by atoms with E-state index in [1.165, 1.54) is 11.8 Å². The van der Waals surface area contributed by atoms with E-state index in [4.69, 9.17) is 21.1 Å². The van der Waals surface area contributed by atoms with Crippen molar-refractivity contribution in [3.8, 4) is 11.5 Å². The van der Waals surface area contributed by atoms with Crippen LogP contribution in [0.1, 0.15) is 18.1 Å². The molecule has 1 fully saturated rings. The van der Waals surface area contributed by atoms with Gasteiger partial charge in [-0.2, -0.15) is 0 Å². The van der Waals surface area contributed by atoms with Crippen LogP contribution in [0.4, 0.5) is 5.69 Å². The van der Waals surface area contributed by atoms with E-state index in [1.54, 1.807) is 0 Å². The van der Waals surface area contributed by atoms with Crippen molar-refractivity contribution in [3.05, 3.63) is 92.3 Å². The first-order valence-corrected chi connectivity index (χ1v) is 12.2. The fourth-order valence-corrected chi connectivity index (χ4v) is 4.37. The molecule has 0 spiro atoms. The number of thioether (sulfide) groups is 1. The Labute approximate surface area is 210 Å². The summed E-state index contributed by atoms with van der Waals surface area (Å²) in [6.45, 7) is 2.93. The summed E-state index contributed by atoms with van der Waals surface area (Å²) in [5.41, 5.74) is 2.52. The lowest BCUT2D eigenvalue weighted by atomic mass is 10.2. The molecule has 1 heterocycles. The number of aliphatic imine (C=N–C) groups is 1. The molecule has 3 aromatic rings. The molecule has 1 amide bonds. The molecular weight excluding hydrogens is 524 g/mol. The molecule has 0 aromatic heterocycles. The highest BCUT2D eigenvalue weighted by molar-refractivity contribution is 9.10. The minimum atomic E-state index is -0.201. The van der Waals surface area contributed by atoms with Gasteiger partial charge < -0.3 is 14.8 Å². The Bertz CT molecular complexity index is 1210. The molecule has 1 saturated heterocycles. The third-order valence-electron chi connectivity index (χ3n) is 4.60. The van der Waals surface area contributed by atoms with Gasteiger partial charge in [-0.1, -0.05) is 39.7 Å². The average molecular weight is 544 g/mol. The Morgan fingerprint density at radius 1 is 1.06 bits per heavy atom. The second kappa shape index (κ2) is 10.9. The quantitative estimate of drug-likeness (QED) is 0.327. The first-order valence-electron chi connectivity index (χ1n) is 10.2. The fourth-order valence-electron chi connectivity index (χ4n) is 3.03. The van der Waals surface area contributed by atoms with Gasteiger partial charge in [0.1, 0.15) is 18.1 Å². The monoisotopic (exact) mass is 542 g/mol. The van der Waals surface area contributed by atoms with Crippen molar-refractivity contribution in [1.29, 1.82) is 0 Å². The molecule has 0 aliphatic carbocycles. The first-order chi connectivity index (χ1) is 16.0. The Kier molecular flexibility index (Phi) is 7.75. The summed E-state index contributed by atoms with van der Waals surface area (Å²) in [6, 6.07) is 20.6. The highest BCUT2D eigenvalue weighted by Gasteiger charge is 2.24. The van der Waals surface area contributed by atoms with Crippen LogP contribution < -0.4 is 14.8 Å². The zero-order valence-corrected chi connectivity index (χ0v) is 20.8. The van der Waals surface area contributed by atoms with E-state index in [0.29, 0.717) is 34.1 Å². The van der Waals surface area contributed by atoms with Gasteiger partial charge in [-0.25, -0.2) is 4.99 Å². The van der Waals surface area contributed by atoms with Crippen molar-refractivity contribution in [2.24, 2.45) is 4.99 Å². The zero-order chi connectivity index (χ0) is 23.2. The van der Waals surface area contributed by atoms with E-state index in [0.717, 1.165) is 27.0 Å². The standard InChI is InChI=1S/C25H20BrClN2O3S/c1-2-31-21-10-8-20(9-11-21)28-25-29-24(30)23(33-25)14-17-13-18(26)5-12-22(17)32-15-16-3-6-19(27)7-4-16/h3-14H,2,15H2,1H3,(H,28,29,30)/b23-14+. The normalized spacial score (nSPS) is 15.7. The van der Waals surface area contributed by atoms with E-state index in [-0.39, 0.29) is 5.91 Å². The largest absolute Gasteiger partial charge is 0.494 e. The fraction of sp³-hybridized carbons (Fsp3) is 0.120. The number of rotatable bonds is 7. The lowest BCUT2D eigenvalue weighted by Crippen LogP contribution is -2.19. The highest BCUT2D eigenvalue weighted by Crippen LogP contribution is 2.32. The van der Waals surface area contributed by atoms with Crippen LogP contribution in [0.5, 0.6) is 11.5 Å². The van der Waals surface area contributed by atoms with Crippen LogP contribution in [0.3, 0.4) is 0 Å². The summed E-state index contributed by atoms with van der Waals surface area (Å²) in [7, 11) is 0. The minimum absolute atomic E-state index is 0.201. The van der Waals surface area contributed by atoms with Gasteiger partial charge in [0, 0.05) is 15.1 Å². The number of ether oxygens (including phenoxy) is 2. The Hall–Kier alpha value is -2.74. The molecule has 4 rings (SSSR count). The Morgan fingerprint density at radius 2 is 1.82 bits per heavy atom. The summed E-state index contributed by atoms with van der Waals surface area (Å²) < 4.78 is 12.4. The number of carbonyl (C=O) groups excluding carboxylic acids is 1. The first kappa shape index (κ1) is 23.4. The predicted octanol–water partition coefficient (Wildman–Crippen LogP) is 6.97. The topological polar surface area (TPSA) is 59.9 Å². The predicted molar refractivity (Wildman–Crippen MR) is 138 cm³/mol. The van der Waals surface area contributed by atoms with Crippen molar-refractivity contribution in [1.82, 2.24) is 5.32 Å². The van der Waals surface area contributed by atoms with Crippen LogP contribution in [-0.2, 0) is 11.4 Å². The zero-order valence-electron chi connectivity index (χ0n) is 17.7. The summed E-state index contributed by atoms with van der Waals surface area (Å²) in [5, 5.41) is 4.02. The van der Waals surface area contributed by atoms with Crippen LogP contribution >= 0.6 is 39.3 Å². The van der Waals surface area contributed by atoms with Crippen LogP contribution in [0.25, 0.3) is 6.08 Å². The maximum atomic E-state index is 12.6. The molecule has 0 saturated carbocycles. The van der Waals surface area contributed by atoms with Crippen LogP contribution in [-0.4, -0.2) is 17.7 Å². The summed E-state index contributed by atoms with van der Waals surface area (Å²) in [4.78, 5) is 17.6. The molecule has 0 atom stereocenters. The number of hydrogen-bond acceptors (Lipinski definition) is 5. The minimum Gasteiger partial charge on any atom is -0.494 e. The van der Waals surface area contributed by atoms with Gasteiger partial charge in [0.25, 0.3) is 5.91 Å². The SMILES string of the molecule is CCOc1ccc(N=C2NC(=O)/C(=C\c3cc(Br)ccc3OCc3ccc(Cl)cc3)S2)cc1. The van der Waals surface area contributed by atoms with Crippen molar-refractivity contribution < 1.29 is 14.3 Å². The molecule has 5 nitrogen and oxygen atoms in total. The number of amides is 1. The molecule has 0 unspecified atom stereocenters. The lowest BCUT2D eigenvalue weighted by Gasteiger charge is -2.10. The molecule has 168 valence electrons.